The lowest BCUT2D eigenvalue weighted by Crippen LogP contribution is -2.40. The van der Waals surface area contributed by atoms with Crippen molar-refractivity contribution in [1.82, 2.24) is 20.9 Å². The third kappa shape index (κ3) is 13.8. The molecule has 1 unspecified atom stereocenters. The highest BCUT2D eigenvalue weighted by Gasteiger charge is 2.15. The van der Waals surface area contributed by atoms with Crippen molar-refractivity contribution in [3.63, 3.8) is 0 Å². The fraction of sp³-hybridized carbons (Fsp3) is 0.895. The number of hydrogen-bond donors (Lipinski definition) is 3. The predicted molar refractivity (Wildman–Crippen MR) is 110 cm³/mol. The molecule has 7 heteroatoms. The monoisotopic (exact) mass is 371 g/mol. The molecule has 0 aliphatic carbocycles. The summed E-state index contributed by atoms with van der Waals surface area (Å²) >= 11 is 0. The molecular weight excluding hydrogens is 330 g/mol. The van der Waals surface area contributed by atoms with E-state index in [4.69, 9.17) is 9.73 Å². The van der Waals surface area contributed by atoms with Crippen molar-refractivity contribution in [2.45, 2.75) is 66.0 Å². The molecule has 1 atom stereocenters. The number of aliphatic imine (C=N–C) groups is 1. The number of nitrogens with one attached hydrogen (secondary N) is 3. The molecule has 0 bridgehead atoms. The molecule has 0 aromatic heterocycles. The molecule has 0 saturated carbocycles. The van der Waals surface area contributed by atoms with Crippen molar-refractivity contribution in [3.05, 3.63) is 0 Å². The van der Waals surface area contributed by atoms with E-state index in [1.807, 2.05) is 20.8 Å². The number of carbonyl (C=O) groups is 1. The van der Waals surface area contributed by atoms with Crippen LogP contribution in [-0.4, -0.2) is 68.9 Å². The molecule has 154 valence electrons. The van der Waals surface area contributed by atoms with Gasteiger partial charge in [-0.25, -0.2) is 4.79 Å². The normalized spacial score (nSPS) is 13.7. The lowest BCUT2D eigenvalue weighted by molar-refractivity contribution is 0.0527. The molecule has 0 aliphatic heterocycles. The fourth-order valence-electron chi connectivity index (χ4n) is 2.33. The number of amides is 1. The fourth-order valence-corrected chi connectivity index (χ4v) is 2.33. The first kappa shape index (κ1) is 24.5. The van der Waals surface area contributed by atoms with E-state index < -0.39 is 5.60 Å². The van der Waals surface area contributed by atoms with Crippen LogP contribution in [0.5, 0.6) is 0 Å². The minimum Gasteiger partial charge on any atom is -0.444 e. The molecule has 1 amide bonds. The predicted octanol–water partition coefficient (Wildman–Crippen LogP) is 2.43. The lowest BCUT2D eigenvalue weighted by Gasteiger charge is -2.25. The van der Waals surface area contributed by atoms with Crippen LogP contribution in [0.4, 0.5) is 4.79 Å². The van der Waals surface area contributed by atoms with E-state index in [1.54, 1.807) is 0 Å². The molecule has 0 saturated heterocycles. The van der Waals surface area contributed by atoms with Crippen molar-refractivity contribution in [2.24, 2.45) is 10.9 Å². The van der Waals surface area contributed by atoms with Gasteiger partial charge in [-0.3, -0.25) is 4.99 Å². The second-order valence-electron chi connectivity index (χ2n) is 8.18. The van der Waals surface area contributed by atoms with Crippen LogP contribution in [0.2, 0.25) is 0 Å². The number of guanidine groups is 1. The summed E-state index contributed by atoms with van der Waals surface area (Å²) in [7, 11) is 4.20. The molecule has 26 heavy (non-hydrogen) atoms. The first-order valence-corrected chi connectivity index (χ1v) is 9.70. The summed E-state index contributed by atoms with van der Waals surface area (Å²) < 4.78 is 5.21. The molecule has 0 fully saturated rings. The zero-order chi connectivity index (χ0) is 20.2. The number of alkyl carbamates (subject to hydrolysis) is 1. The van der Waals surface area contributed by atoms with E-state index in [0.29, 0.717) is 18.5 Å². The van der Waals surface area contributed by atoms with Gasteiger partial charge in [0.15, 0.2) is 5.96 Å². The number of rotatable bonds is 10. The number of hydrogen-bond acceptors (Lipinski definition) is 4. The summed E-state index contributed by atoms with van der Waals surface area (Å²) in [5.74, 6) is 1.47. The van der Waals surface area contributed by atoms with E-state index in [1.165, 1.54) is 0 Å². The number of likely N-dealkylation sites (N-methyl/N-ethyl adjacent to an activating group) is 1. The maximum atomic E-state index is 11.6. The summed E-state index contributed by atoms with van der Waals surface area (Å²) in [5.41, 5.74) is -0.466. The van der Waals surface area contributed by atoms with Crippen molar-refractivity contribution < 1.29 is 9.53 Å². The summed E-state index contributed by atoms with van der Waals surface area (Å²) in [6.45, 7) is 15.0. The zero-order valence-electron chi connectivity index (χ0n) is 18.1. The Balaban J connectivity index is 4.27. The third-order valence-corrected chi connectivity index (χ3v) is 3.59. The standard InChI is InChI=1S/C19H41N5O2/c1-9-20-17(23-14-16(24(7)8)13-15(2)3)21-11-10-12-22-18(25)26-19(4,5)6/h15-16H,9-14H2,1-8H3,(H,22,25)(H2,20,21,23). The molecule has 7 nitrogen and oxygen atoms in total. The molecule has 0 rings (SSSR count). The molecule has 0 aromatic carbocycles. The number of carbonyl (C=O) groups excluding carboxylic acids is 1. The van der Waals surface area contributed by atoms with Gasteiger partial charge in [-0.1, -0.05) is 13.8 Å². The number of nitrogens with zero attached hydrogens (tertiary/aromatic N) is 2. The van der Waals surface area contributed by atoms with Gasteiger partial charge in [0.1, 0.15) is 5.60 Å². The van der Waals surface area contributed by atoms with Gasteiger partial charge in [0.05, 0.1) is 6.54 Å². The van der Waals surface area contributed by atoms with Crippen molar-refractivity contribution in [2.75, 3.05) is 40.3 Å². The maximum absolute atomic E-state index is 11.6. The van der Waals surface area contributed by atoms with Crippen molar-refractivity contribution in [1.29, 1.82) is 0 Å². The number of ether oxygens (including phenoxy) is 1. The molecule has 0 spiro atoms. The second kappa shape index (κ2) is 12.8. The Morgan fingerprint density at radius 1 is 1.12 bits per heavy atom. The van der Waals surface area contributed by atoms with Crippen LogP contribution in [-0.2, 0) is 4.74 Å². The van der Waals surface area contributed by atoms with Crippen molar-refractivity contribution >= 4 is 12.1 Å². The van der Waals surface area contributed by atoms with E-state index in [9.17, 15) is 4.79 Å². The van der Waals surface area contributed by atoms with Crippen LogP contribution in [0.3, 0.4) is 0 Å². The Morgan fingerprint density at radius 2 is 1.73 bits per heavy atom. The van der Waals surface area contributed by atoms with Crippen molar-refractivity contribution in [3.8, 4) is 0 Å². The minimum absolute atomic E-state index is 0.374. The first-order valence-electron chi connectivity index (χ1n) is 9.70. The molecule has 0 heterocycles. The second-order valence-corrected chi connectivity index (χ2v) is 8.18. The van der Waals surface area contributed by atoms with Gasteiger partial charge >= 0.3 is 6.09 Å². The van der Waals surface area contributed by atoms with Gasteiger partial charge in [0, 0.05) is 25.7 Å². The van der Waals surface area contributed by atoms with Crippen LogP contribution in [0.15, 0.2) is 4.99 Å². The molecule has 0 aromatic rings. The Kier molecular flexibility index (Phi) is 12.1. The average molecular weight is 372 g/mol. The molecular formula is C19H41N5O2. The van der Waals surface area contributed by atoms with E-state index in [0.717, 1.165) is 38.4 Å². The van der Waals surface area contributed by atoms with Gasteiger partial charge < -0.3 is 25.6 Å². The summed E-state index contributed by atoms with van der Waals surface area (Å²) in [6.07, 6.45) is 1.54. The highest BCUT2D eigenvalue weighted by atomic mass is 16.6. The maximum Gasteiger partial charge on any atom is 0.407 e. The Morgan fingerprint density at radius 3 is 2.23 bits per heavy atom. The van der Waals surface area contributed by atoms with Gasteiger partial charge in [0.2, 0.25) is 0 Å². The Bertz CT molecular complexity index is 417. The first-order chi connectivity index (χ1) is 12.0. The highest BCUT2D eigenvalue weighted by Crippen LogP contribution is 2.09. The SMILES string of the molecule is CCNC(=NCC(CC(C)C)N(C)C)NCCCNC(=O)OC(C)(C)C. The summed E-state index contributed by atoms with van der Waals surface area (Å²) in [4.78, 5) is 18.5. The van der Waals surface area contributed by atoms with Gasteiger partial charge in [-0.15, -0.1) is 0 Å². The Hall–Kier alpha value is -1.50. The van der Waals surface area contributed by atoms with Gasteiger partial charge in [0.25, 0.3) is 0 Å². The summed E-state index contributed by atoms with van der Waals surface area (Å²) in [5, 5.41) is 9.35. The zero-order valence-corrected chi connectivity index (χ0v) is 18.1. The smallest absolute Gasteiger partial charge is 0.407 e. The molecule has 0 radical (unpaired) electrons. The minimum atomic E-state index is -0.466. The van der Waals surface area contributed by atoms with E-state index in [-0.39, 0.29) is 6.09 Å². The van der Waals surface area contributed by atoms with E-state index >= 15 is 0 Å². The molecule has 3 N–H and O–H groups in total. The largest absolute Gasteiger partial charge is 0.444 e. The summed E-state index contributed by atoms with van der Waals surface area (Å²) in [6, 6.07) is 0.430. The van der Waals surface area contributed by atoms with Crippen LogP contribution in [0.1, 0.15) is 54.4 Å². The Labute approximate surface area is 160 Å². The van der Waals surface area contributed by atoms with Crippen LogP contribution >= 0.6 is 0 Å². The lowest BCUT2D eigenvalue weighted by atomic mass is 10.0. The molecule has 0 aliphatic rings. The van der Waals surface area contributed by atoms with Gasteiger partial charge in [-0.05, 0) is 60.5 Å². The quantitative estimate of drug-likeness (QED) is 0.312. The van der Waals surface area contributed by atoms with E-state index in [2.05, 4.69) is 55.7 Å². The van der Waals surface area contributed by atoms with Crippen LogP contribution in [0.25, 0.3) is 0 Å². The topological polar surface area (TPSA) is 78.0 Å². The van der Waals surface area contributed by atoms with Gasteiger partial charge in [-0.2, -0.15) is 0 Å². The third-order valence-electron chi connectivity index (χ3n) is 3.59. The van der Waals surface area contributed by atoms with Crippen LogP contribution in [0, 0.1) is 5.92 Å². The highest BCUT2D eigenvalue weighted by molar-refractivity contribution is 5.79. The average Bonchev–Trinajstić information content (AvgIpc) is 2.48. The van der Waals surface area contributed by atoms with Crippen LogP contribution < -0.4 is 16.0 Å².